The molecule has 1 saturated heterocycles. The molecule has 29 heavy (non-hydrogen) atoms. The lowest BCUT2D eigenvalue weighted by Gasteiger charge is -2.35. The number of hydrogen-bond acceptors (Lipinski definition) is 4. The van der Waals surface area contributed by atoms with Crippen LogP contribution >= 0.6 is 0 Å². The zero-order chi connectivity index (χ0) is 20.5. The normalized spacial score (nSPS) is 14.8. The van der Waals surface area contributed by atoms with Gasteiger partial charge in [-0.15, -0.1) is 0 Å². The number of nitrogens with one attached hydrogen (secondary N) is 1. The summed E-state index contributed by atoms with van der Waals surface area (Å²) in [5.74, 6) is 0.888. The third kappa shape index (κ3) is 5.97. The smallest absolute Gasteiger partial charge is 0.409 e. The number of aromatic nitrogens is 2. The van der Waals surface area contributed by atoms with E-state index in [1.54, 1.807) is 11.1 Å². The standard InChI is InChI=1S/C21H30N6O2/c1-3-23-20(26-11-13-27(14-12-26)21(28)29-4-2)24-15-18-5-7-19(8-6-18)16-25-10-9-22-17-25/h5-10,17H,3-4,11-16H2,1-2H3,(H,23,24). The van der Waals surface area contributed by atoms with Crippen LogP contribution in [-0.4, -0.2) is 70.7 Å². The number of amides is 1. The number of benzene rings is 1. The van der Waals surface area contributed by atoms with Crippen molar-refractivity contribution < 1.29 is 9.53 Å². The van der Waals surface area contributed by atoms with Gasteiger partial charge in [0, 0.05) is 51.7 Å². The van der Waals surface area contributed by atoms with E-state index in [-0.39, 0.29) is 6.09 Å². The van der Waals surface area contributed by atoms with E-state index in [1.807, 2.05) is 24.0 Å². The van der Waals surface area contributed by atoms with Gasteiger partial charge in [-0.3, -0.25) is 0 Å². The number of rotatable bonds is 6. The van der Waals surface area contributed by atoms with Gasteiger partial charge in [0.25, 0.3) is 0 Å². The van der Waals surface area contributed by atoms with Gasteiger partial charge in [-0.1, -0.05) is 24.3 Å². The molecule has 0 saturated carbocycles. The molecule has 0 atom stereocenters. The highest BCUT2D eigenvalue weighted by Gasteiger charge is 2.23. The maximum Gasteiger partial charge on any atom is 0.409 e. The van der Waals surface area contributed by atoms with Crippen LogP contribution in [0.3, 0.4) is 0 Å². The number of carbonyl (C=O) groups excluding carboxylic acids is 1. The number of carbonyl (C=O) groups is 1. The number of guanidine groups is 1. The fourth-order valence-corrected chi connectivity index (χ4v) is 3.25. The summed E-state index contributed by atoms with van der Waals surface area (Å²) in [5.41, 5.74) is 2.40. The van der Waals surface area contributed by atoms with Crippen molar-refractivity contribution in [1.29, 1.82) is 0 Å². The first-order chi connectivity index (χ1) is 14.2. The second kappa shape index (κ2) is 10.5. The zero-order valence-corrected chi connectivity index (χ0v) is 17.3. The van der Waals surface area contributed by atoms with Gasteiger partial charge in [-0.2, -0.15) is 0 Å². The Labute approximate surface area is 172 Å². The molecular formula is C21H30N6O2. The number of piperazine rings is 1. The van der Waals surface area contributed by atoms with Crippen molar-refractivity contribution in [1.82, 2.24) is 24.7 Å². The fraction of sp³-hybridized carbons (Fsp3) is 0.476. The van der Waals surface area contributed by atoms with E-state index in [0.29, 0.717) is 26.2 Å². The summed E-state index contributed by atoms with van der Waals surface area (Å²) >= 11 is 0. The molecule has 0 bridgehead atoms. The first-order valence-corrected chi connectivity index (χ1v) is 10.2. The largest absolute Gasteiger partial charge is 0.450 e. The van der Waals surface area contributed by atoms with E-state index < -0.39 is 0 Å². The highest BCUT2D eigenvalue weighted by molar-refractivity contribution is 5.80. The van der Waals surface area contributed by atoms with Crippen molar-refractivity contribution in [2.75, 3.05) is 39.3 Å². The van der Waals surface area contributed by atoms with Crippen LogP contribution in [0.5, 0.6) is 0 Å². The van der Waals surface area contributed by atoms with Crippen molar-refractivity contribution in [3.05, 3.63) is 54.1 Å². The second-order valence-corrected chi connectivity index (χ2v) is 6.89. The molecule has 2 aromatic rings. The molecule has 1 N–H and O–H groups in total. The molecule has 0 radical (unpaired) electrons. The minimum Gasteiger partial charge on any atom is -0.450 e. The third-order valence-corrected chi connectivity index (χ3v) is 4.80. The summed E-state index contributed by atoms with van der Waals surface area (Å²) in [6.45, 7) is 9.32. The van der Waals surface area contributed by atoms with Gasteiger partial charge in [0.1, 0.15) is 0 Å². The Bertz CT molecular complexity index is 780. The number of hydrogen-bond donors (Lipinski definition) is 1. The predicted molar refractivity (Wildman–Crippen MR) is 113 cm³/mol. The molecule has 0 aliphatic carbocycles. The SMILES string of the molecule is CCNC(=NCc1ccc(Cn2ccnc2)cc1)N1CCN(C(=O)OCC)CC1. The maximum absolute atomic E-state index is 11.9. The summed E-state index contributed by atoms with van der Waals surface area (Å²) in [6.07, 6.45) is 5.34. The molecule has 1 aromatic heterocycles. The first kappa shape index (κ1) is 20.7. The van der Waals surface area contributed by atoms with Crippen LogP contribution < -0.4 is 5.32 Å². The summed E-state index contributed by atoms with van der Waals surface area (Å²) in [6, 6.07) is 8.52. The molecule has 1 aliphatic heterocycles. The van der Waals surface area contributed by atoms with Gasteiger partial charge < -0.3 is 24.4 Å². The van der Waals surface area contributed by atoms with Crippen LogP contribution in [0.4, 0.5) is 4.79 Å². The average Bonchev–Trinajstić information content (AvgIpc) is 3.25. The topological polar surface area (TPSA) is 75.0 Å². The van der Waals surface area contributed by atoms with Crippen molar-refractivity contribution in [3.63, 3.8) is 0 Å². The van der Waals surface area contributed by atoms with E-state index in [4.69, 9.17) is 9.73 Å². The Hall–Kier alpha value is -3.03. The van der Waals surface area contributed by atoms with Crippen LogP contribution in [0.2, 0.25) is 0 Å². The van der Waals surface area contributed by atoms with Crippen molar-refractivity contribution in [2.45, 2.75) is 26.9 Å². The van der Waals surface area contributed by atoms with Crippen LogP contribution in [0.15, 0.2) is 48.0 Å². The highest BCUT2D eigenvalue weighted by atomic mass is 16.6. The minimum atomic E-state index is -0.232. The van der Waals surface area contributed by atoms with Gasteiger partial charge in [-0.25, -0.2) is 14.8 Å². The number of nitrogens with zero attached hydrogens (tertiary/aromatic N) is 5. The lowest BCUT2D eigenvalue weighted by atomic mass is 10.1. The molecule has 8 heteroatoms. The molecule has 3 rings (SSSR count). The summed E-state index contributed by atoms with van der Waals surface area (Å²) in [5, 5.41) is 3.36. The average molecular weight is 399 g/mol. The third-order valence-electron chi connectivity index (χ3n) is 4.80. The van der Waals surface area contributed by atoms with Gasteiger partial charge in [0.15, 0.2) is 5.96 Å². The molecule has 0 spiro atoms. The van der Waals surface area contributed by atoms with E-state index in [0.717, 1.165) is 32.1 Å². The highest BCUT2D eigenvalue weighted by Crippen LogP contribution is 2.09. The van der Waals surface area contributed by atoms with Gasteiger partial charge in [0.05, 0.1) is 19.5 Å². The Kier molecular flexibility index (Phi) is 7.49. The van der Waals surface area contributed by atoms with Crippen LogP contribution in [0.1, 0.15) is 25.0 Å². The summed E-state index contributed by atoms with van der Waals surface area (Å²) in [7, 11) is 0. The number of imidazole rings is 1. The fourth-order valence-electron chi connectivity index (χ4n) is 3.25. The monoisotopic (exact) mass is 398 g/mol. The predicted octanol–water partition coefficient (Wildman–Crippen LogP) is 2.17. The van der Waals surface area contributed by atoms with Crippen LogP contribution in [-0.2, 0) is 17.8 Å². The molecule has 1 fully saturated rings. The van der Waals surface area contributed by atoms with E-state index in [2.05, 4.69) is 46.4 Å². The molecule has 156 valence electrons. The zero-order valence-electron chi connectivity index (χ0n) is 17.3. The van der Waals surface area contributed by atoms with Gasteiger partial charge in [-0.05, 0) is 25.0 Å². The van der Waals surface area contributed by atoms with E-state index in [1.165, 1.54) is 11.1 Å². The molecule has 1 aromatic carbocycles. The number of ether oxygens (including phenoxy) is 1. The Morgan fingerprint density at radius 2 is 1.79 bits per heavy atom. The lowest BCUT2D eigenvalue weighted by molar-refractivity contribution is 0.0914. The van der Waals surface area contributed by atoms with Crippen molar-refractivity contribution in [3.8, 4) is 0 Å². The second-order valence-electron chi connectivity index (χ2n) is 6.89. The Morgan fingerprint density at radius 3 is 2.41 bits per heavy atom. The molecule has 8 nitrogen and oxygen atoms in total. The van der Waals surface area contributed by atoms with Crippen LogP contribution in [0.25, 0.3) is 0 Å². The lowest BCUT2D eigenvalue weighted by Crippen LogP contribution is -2.53. The van der Waals surface area contributed by atoms with Gasteiger partial charge >= 0.3 is 6.09 Å². The summed E-state index contributed by atoms with van der Waals surface area (Å²) in [4.78, 5) is 24.7. The van der Waals surface area contributed by atoms with Crippen LogP contribution in [0, 0.1) is 0 Å². The van der Waals surface area contributed by atoms with E-state index >= 15 is 0 Å². The minimum absolute atomic E-state index is 0.232. The quantitative estimate of drug-likeness (QED) is 0.596. The van der Waals surface area contributed by atoms with E-state index in [9.17, 15) is 4.79 Å². The number of aliphatic imine (C=N–C) groups is 1. The maximum atomic E-state index is 11.9. The first-order valence-electron chi connectivity index (χ1n) is 10.2. The molecule has 2 heterocycles. The Morgan fingerprint density at radius 1 is 1.10 bits per heavy atom. The molecule has 0 unspecified atom stereocenters. The molecule has 1 aliphatic rings. The Balaban J connectivity index is 1.56. The van der Waals surface area contributed by atoms with Crippen molar-refractivity contribution in [2.24, 2.45) is 4.99 Å². The molecule has 1 amide bonds. The van der Waals surface area contributed by atoms with Crippen molar-refractivity contribution >= 4 is 12.1 Å². The molecular weight excluding hydrogens is 368 g/mol. The van der Waals surface area contributed by atoms with Gasteiger partial charge in [0.2, 0.25) is 0 Å². The summed E-state index contributed by atoms with van der Waals surface area (Å²) < 4.78 is 7.14.